The van der Waals surface area contributed by atoms with E-state index in [4.69, 9.17) is 5.73 Å². The summed E-state index contributed by atoms with van der Waals surface area (Å²) in [4.78, 5) is 17.5. The van der Waals surface area contributed by atoms with E-state index < -0.39 is 0 Å². The number of amides is 1. The van der Waals surface area contributed by atoms with Crippen molar-refractivity contribution in [1.82, 2.24) is 9.80 Å². The van der Waals surface area contributed by atoms with Gasteiger partial charge in [0.25, 0.3) is 0 Å². The van der Waals surface area contributed by atoms with Crippen LogP contribution in [0.2, 0.25) is 0 Å². The number of rotatable bonds is 3. The number of hydrogen-bond acceptors (Lipinski definition) is 3. The van der Waals surface area contributed by atoms with Crippen LogP contribution in [0.15, 0.2) is 0 Å². The highest BCUT2D eigenvalue weighted by molar-refractivity contribution is 5.85. The fraction of sp³-hybridized carbons (Fsp3) is 0.941. The molecule has 1 aliphatic carbocycles. The molecule has 136 valence electrons. The van der Waals surface area contributed by atoms with E-state index >= 15 is 0 Å². The van der Waals surface area contributed by atoms with E-state index in [1.165, 1.54) is 51.6 Å². The van der Waals surface area contributed by atoms with Gasteiger partial charge in [0.1, 0.15) is 0 Å². The third-order valence-electron chi connectivity index (χ3n) is 5.96. The molecule has 3 rings (SSSR count). The van der Waals surface area contributed by atoms with Gasteiger partial charge in [0.15, 0.2) is 0 Å². The Labute approximate surface area is 153 Å². The van der Waals surface area contributed by atoms with Crippen LogP contribution in [0.4, 0.5) is 0 Å². The second-order valence-corrected chi connectivity index (χ2v) is 7.19. The van der Waals surface area contributed by atoms with Gasteiger partial charge in [-0.1, -0.05) is 12.8 Å². The summed E-state index contributed by atoms with van der Waals surface area (Å²) in [6, 6.07) is 0.725. The summed E-state index contributed by atoms with van der Waals surface area (Å²) in [5, 5.41) is 0. The molecule has 0 aromatic rings. The molecule has 0 bridgehead atoms. The van der Waals surface area contributed by atoms with Crippen molar-refractivity contribution in [2.24, 2.45) is 17.6 Å². The first kappa shape index (κ1) is 21.0. The molecule has 1 amide bonds. The SMILES string of the molecule is Cl.Cl.NC[C@H]1CCC[C@H]1C(=O)N1CCC(N2CCCCC2)CC1. The quantitative estimate of drug-likeness (QED) is 0.836. The van der Waals surface area contributed by atoms with E-state index in [-0.39, 0.29) is 30.7 Å². The lowest BCUT2D eigenvalue weighted by atomic mass is 9.93. The third kappa shape index (κ3) is 4.97. The molecule has 0 unspecified atom stereocenters. The van der Waals surface area contributed by atoms with Crippen molar-refractivity contribution >= 4 is 30.7 Å². The van der Waals surface area contributed by atoms with Crippen molar-refractivity contribution in [2.75, 3.05) is 32.7 Å². The van der Waals surface area contributed by atoms with E-state index in [1.54, 1.807) is 0 Å². The third-order valence-corrected chi connectivity index (χ3v) is 5.96. The molecule has 2 saturated heterocycles. The molecule has 0 radical (unpaired) electrons. The summed E-state index contributed by atoms with van der Waals surface area (Å²) in [7, 11) is 0. The van der Waals surface area contributed by atoms with Gasteiger partial charge in [-0.15, -0.1) is 24.8 Å². The molecule has 6 heteroatoms. The van der Waals surface area contributed by atoms with Crippen molar-refractivity contribution in [3.63, 3.8) is 0 Å². The maximum absolute atomic E-state index is 12.7. The number of likely N-dealkylation sites (tertiary alicyclic amines) is 2. The number of halogens is 2. The molecule has 1 saturated carbocycles. The summed E-state index contributed by atoms with van der Waals surface area (Å²) < 4.78 is 0. The van der Waals surface area contributed by atoms with Crippen molar-refractivity contribution in [3.05, 3.63) is 0 Å². The Balaban J connectivity index is 0.00000132. The summed E-state index contributed by atoms with van der Waals surface area (Å²) in [5.74, 6) is 1.07. The highest BCUT2D eigenvalue weighted by Crippen LogP contribution is 2.33. The number of hydrogen-bond donors (Lipinski definition) is 1. The topological polar surface area (TPSA) is 49.6 Å². The Morgan fingerprint density at radius 1 is 0.870 bits per heavy atom. The first-order chi connectivity index (χ1) is 10.3. The van der Waals surface area contributed by atoms with Crippen LogP contribution in [-0.2, 0) is 4.79 Å². The Kier molecular flexibility index (Phi) is 9.20. The maximum atomic E-state index is 12.7. The van der Waals surface area contributed by atoms with Crippen molar-refractivity contribution in [1.29, 1.82) is 0 Å². The molecule has 2 atom stereocenters. The van der Waals surface area contributed by atoms with Crippen molar-refractivity contribution in [2.45, 2.75) is 57.4 Å². The number of nitrogens with two attached hydrogens (primary N) is 1. The minimum atomic E-state index is 0. The Morgan fingerprint density at radius 3 is 2.13 bits per heavy atom. The van der Waals surface area contributed by atoms with E-state index in [2.05, 4.69) is 9.80 Å². The number of carbonyl (C=O) groups excluding carboxylic acids is 1. The predicted molar refractivity (Wildman–Crippen MR) is 99.4 cm³/mol. The van der Waals surface area contributed by atoms with Gasteiger partial charge in [0.05, 0.1) is 0 Å². The van der Waals surface area contributed by atoms with Gasteiger partial charge >= 0.3 is 0 Å². The molecule has 0 spiro atoms. The minimum Gasteiger partial charge on any atom is -0.342 e. The number of piperidine rings is 2. The lowest BCUT2D eigenvalue weighted by Crippen LogP contribution is -2.49. The lowest BCUT2D eigenvalue weighted by molar-refractivity contribution is -0.138. The van der Waals surface area contributed by atoms with Gasteiger partial charge in [0, 0.05) is 25.0 Å². The van der Waals surface area contributed by atoms with Gasteiger partial charge in [-0.3, -0.25) is 4.79 Å². The zero-order valence-corrected chi connectivity index (χ0v) is 15.8. The Bertz CT molecular complexity index is 356. The van der Waals surface area contributed by atoms with Crippen molar-refractivity contribution < 1.29 is 4.79 Å². The van der Waals surface area contributed by atoms with Crippen LogP contribution in [0, 0.1) is 11.8 Å². The average molecular weight is 366 g/mol. The molecule has 0 aromatic heterocycles. The molecular formula is C17H33Cl2N3O. The summed E-state index contributed by atoms with van der Waals surface area (Å²) in [6.45, 7) is 5.16. The smallest absolute Gasteiger partial charge is 0.226 e. The second-order valence-electron chi connectivity index (χ2n) is 7.19. The highest BCUT2D eigenvalue weighted by Gasteiger charge is 2.36. The van der Waals surface area contributed by atoms with Gasteiger partial charge < -0.3 is 15.5 Å². The van der Waals surface area contributed by atoms with Crippen LogP contribution in [0.25, 0.3) is 0 Å². The fourth-order valence-corrected chi connectivity index (χ4v) is 4.61. The van der Waals surface area contributed by atoms with Gasteiger partial charge in [-0.05, 0) is 64.1 Å². The number of nitrogens with zero attached hydrogens (tertiary/aromatic N) is 2. The maximum Gasteiger partial charge on any atom is 0.226 e. The molecule has 0 aromatic carbocycles. The van der Waals surface area contributed by atoms with Crippen LogP contribution in [-0.4, -0.2) is 54.5 Å². The molecular weight excluding hydrogens is 333 g/mol. The van der Waals surface area contributed by atoms with Crippen molar-refractivity contribution in [3.8, 4) is 0 Å². The molecule has 2 aliphatic heterocycles. The van der Waals surface area contributed by atoms with Crippen LogP contribution in [0.3, 0.4) is 0 Å². The summed E-state index contributed by atoms with van der Waals surface area (Å²) in [5.41, 5.74) is 5.83. The standard InChI is InChI=1S/C17H31N3O.2ClH/c18-13-14-5-4-6-16(14)17(21)20-11-7-15(8-12-20)19-9-2-1-3-10-19;;/h14-16H,1-13,18H2;2*1H/t14-,16-;;/m1../s1. The largest absolute Gasteiger partial charge is 0.342 e. The first-order valence-corrected chi connectivity index (χ1v) is 9.02. The molecule has 4 nitrogen and oxygen atoms in total. The van der Waals surface area contributed by atoms with Crippen LogP contribution in [0.1, 0.15) is 51.4 Å². The van der Waals surface area contributed by atoms with Crippen LogP contribution < -0.4 is 5.73 Å². The van der Waals surface area contributed by atoms with E-state index in [9.17, 15) is 4.79 Å². The zero-order chi connectivity index (χ0) is 14.7. The average Bonchev–Trinajstić information content (AvgIpc) is 3.04. The molecule has 23 heavy (non-hydrogen) atoms. The second kappa shape index (κ2) is 10.1. The van der Waals surface area contributed by atoms with E-state index in [0.717, 1.165) is 32.0 Å². The molecule has 2 N–H and O–H groups in total. The van der Waals surface area contributed by atoms with Gasteiger partial charge in [0.2, 0.25) is 5.91 Å². The lowest BCUT2D eigenvalue weighted by Gasteiger charge is -2.41. The highest BCUT2D eigenvalue weighted by atomic mass is 35.5. The molecule has 3 fully saturated rings. The van der Waals surface area contributed by atoms with E-state index in [0.29, 0.717) is 18.4 Å². The zero-order valence-electron chi connectivity index (χ0n) is 14.1. The Hall–Kier alpha value is -0.0300. The molecule has 3 aliphatic rings. The van der Waals surface area contributed by atoms with Gasteiger partial charge in [-0.25, -0.2) is 0 Å². The summed E-state index contributed by atoms with van der Waals surface area (Å²) in [6.07, 6.45) is 9.86. The van der Waals surface area contributed by atoms with Gasteiger partial charge in [-0.2, -0.15) is 0 Å². The molecule has 2 heterocycles. The Morgan fingerprint density at radius 2 is 1.52 bits per heavy atom. The predicted octanol–water partition coefficient (Wildman–Crippen LogP) is 2.68. The normalized spacial score (nSPS) is 29.7. The number of carbonyl (C=O) groups is 1. The van der Waals surface area contributed by atoms with E-state index in [1.807, 2.05) is 0 Å². The summed E-state index contributed by atoms with van der Waals surface area (Å²) >= 11 is 0. The minimum absolute atomic E-state index is 0. The monoisotopic (exact) mass is 365 g/mol. The van der Waals surface area contributed by atoms with Crippen LogP contribution in [0.5, 0.6) is 0 Å². The van der Waals surface area contributed by atoms with Crippen LogP contribution >= 0.6 is 24.8 Å². The first-order valence-electron chi connectivity index (χ1n) is 9.02. The fourth-order valence-electron chi connectivity index (χ4n) is 4.61.